The smallest absolute Gasteiger partial charge is 0.742 e. The van der Waals surface area contributed by atoms with Gasteiger partial charge in [0.2, 0.25) is 5.12 Å². The Balaban J connectivity index is 0.00000169. The molecular weight excluding hydrogens is 215 g/mol. The second kappa shape index (κ2) is 5.63. The molecule has 0 unspecified atom stereocenters. The van der Waals surface area contributed by atoms with E-state index in [-0.39, 0.29) is 36.0 Å². The van der Waals surface area contributed by atoms with E-state index in [1.165, 1.54) is 0 Å². The third-order valence-electron chi connectivity index (χ3n) is 1.47. The summed E-state index contributed by atoms with van der Waals surface area (Å²) in [6.45, 7) is 0. The van der Waals surface area contributed by atoms with Gasteiger partial charge in [0.25, 0.3) is 0 Å². The van der Waals surface area contributed by atoms with Crippen molar-refractivity contribution in [3.63, 3.8) is 0 Å². The molecule has 0 saturated heterocycles. The molecule has 0 N–H and O–H groups in total. The molecule has 0 spiro atoms. The van der Waals surface area contributed by atoms with Gasteiger partial charge in [0.1, 0.15) is 0 Å². The number of rotatable bonds is 2. The quantitative estimate of drug-likeness (QED) is 0.403. The minimum atomic E-state index is -4.79. The van der Waals surface area contributed by atoms with Crippen molar-refractivity contribution in [2.24, 2.45) is 0 Å². The summed E-state index contributed by atoms with van der Waals surface area (Å²) >= 11 is 0. The zero-order valence-electron chi connectivity index (χ0n) is 7.64. The standard InChI is InChI=1S/C8H8O4S.Na/c9-8(13(10,11)12)6-7-4-2-1-3-5-7;/h1-5H,6H2,(H,10,11,12);/q;+1/p-1. The van der Waals surface area contributed by atoms with E-state index >= 15 is 0 Å². The zero-order valence-corrected chi connectivity index (χ0v) is 10.5. The van der Waals surface area contributed by atoms with Crippen molar-refractivity contribution in [2.45, 2.75) is 6.42 Å². The molecule has 14 heavy (non-hydrogen) atoms. The van der Waals surface area contributed by atoms with Gasteiger partial charge in [-0.1, -0.05) is 30.3 Å². The number of carbonyl (C=O) groups is 1. The molecule has 0 atom stereocenters. The molecule has 0 heterocycles. The number of hydrogen-bond acceptors (Lipinski definition) is 4. The molecule has 0 aliphatic rings. The van der Waals surface area contributed by atoms with Crippen LogP contribution in [0.2, 0.25) is 0 Å². The first-order valence-electron chi connectivity index (χ1n) is 3.53. The van der Waals surface area contributed by atoms with Gasteiger partial charge in [-0.3, -0.25) is 4.79 Å². The van der Waals surface area contributed by atoms with Crippen molar-refractivity contribution in [2.75, 3.05) is 0 Å². The maximum absolute atomic E-state index is 10.7. The Kier molecular flexibility index (Phi) is 5.54. The molecule has 1 aromatic rings. The summed E-state index contributed by atoms with van der Waals surface area (Å²) in [5.41, 5.74) is 0.520. The van der Waals surface area contributed by atoms with Crippen molar-refractivity contribution in [3.05, 3.63) is 35.9 Å². The molecule has 4 nitrogen and oxygen atoms in total. The monoisotopic (exact) mass is 222 g/mol. The van der Waals surface area contributed by atoms with Crippen LogP contribution in [-0.2, 0) is 21.3 Å². The largest absolute Gasteiger partial charge is 1.00 e. The predicted octanol–water partition coefficient (Wildman–Crippen LogP) is -2.70. The van der Waals surface area contributed by atoms with Gasteiger partial charge in [-0.2, -0.15) is 0 Å². The average Bonchev–Trinajstić information content (AvgIpc) is 2.04. The molecule has 0 radical (unpaired) electrons. The normalized spacial score (nSPS) is 10.4. The fourth-order valence-electron chi connectivity index (χ4n) is 0.851. The number of carbonyl (C=O) groups excluding carboxylic acids is 1. The number of hydrogen-bond donors (Lipinski definition) is 0. The molecule has 6 heteroatoms. The third kappa shape index (κ3) is 4.34. The van der Waals surface area contributed by atoms with Crippen molar-refractivity contribution in [1.82, 2.24) is 0 Å². The van der Waals surface area contributed by atoms with Crippen LogP contribution in [-0.4, -0.2) is 18.1 Å². The molecular formula is C8H7NaO4S. The van der Waals surface area contributed by atoms with Crippen molar-refractivity contribution >= 4 is 15.2 Å². The van der Waals surface area contributed by atoms with Crippen LogP contribution in [0.15, 0.2) is 30.3 Å². The van der Waals surface area contributed by atoms with Gasteiger partial charge in [0.15, 0.2) is 10.1 Å². The van der Waals surface area contributed by atoms with Gasteiger partial charge in [-0.15, -0.1) is 0 Å². The number of benzene rings is 1. The van der Waals surface area contributed by atoms with Gasteiger partial charge in [0, 0.05) is 6.42 Å². The Morgan fingerprint density at radius 3 is 2.14 bits per heavy atom. The fraction of sp³-hybridized carbons (Fsp3) is 0.125. The summed E-state index contributed by atoms with van der Waals surface area (Å²) in [5, 5.41) is -1.29. The molecule has 1 rings (SSSR count). The zero-order chi connectivity index (χ0) is 9.90. The predicted molar refractivity (Wildman–Crippen MR) is 44.9 cm³/mol. The topological polar surface area (TPSA) is 74.3 Å². The van der Waals surface area contributed by atoms with Gasteiger partial charge in [-0.05, 0) is 5.56 Å². The second-order valence-electron chi connectivity index (χ2n) is 2.49. The van der Waals surface area contributed by atoms with E-state index < -0.39 is 15.2 Å². The summed E-state index contributed by atoms with van der Waals surface area (Å²) < 4.78 is 30.7. The molecule has 0 aliphatic heterocycles. The van der Waals surface area contributed by atoms with Crippen molar-refractivity contribution < 1.29 is 47.3 Å². The van der Waals surface area contributed by atoms with E-state index in [0.29, 0.717) is 5.56 Å². The SMILES string of the molecule is O=C(Cc1ccccc1)S(=O)(=O)[O-].[Na+]. The third-order valence-corrected chi connectivity index (χ3v) is 2.17. The maximum Gasteiger partial charge on any atom is 1.00 e. The van der Waals surface area contributed by atoms with Crippen LogP contribution < -0.4 is 29.6 Å². The van der Waals surface area contributed by atoms with Crippen LogP contribution >= 0.6 is 0 Å². The van der Waals surface area contributed by atoms with E-state index in [1.54, 1.807) is 30.3 Å². The Hall–Kier alpha value is -0.200. The molecule has 0 fully saturated rings. The van der Waals surface area contributed by atoms with Crippen LogP contribution in [0.1, 0.15) is 5.56 Å². The molecule has 0 aromatic heterocycles. The minimum absolute atomic E-state index is 0. The van der Waals surface area contributed by atoms with Crippen LogP contribution in [0.3, 0.4) is 0 Å². The first-order chi connectivity index (χ1) is 6.00. The molecule has 70 valence electrons. The van der Waals surface area contributed by atoms with Crippen LogP contribution in [0, 0.1) is 0 Å². The van der Waals surface area contributed by atoms with E-state index in [9.17, 15) is 17.8 Å². The molecule has 0 bridgehead atoms. The second-order valence-corrected chi connectivity index (χ2v) is 3.85. The minimum Gasteiger partial charge on any atom is -0.742 e. The summed E-state index contributed by atoms with van der Waals surface area (Å²) in [7, 11) is -4.79. The Bertz CT molecular complexity index is 399. The van der Waals surface area contributed by atoms with Crippen molar-refractivity contribution in [1.29, 1.82) is 0 Å². The first kappa shape index (κ1) is 13.8. The fourth-order valence-corrected chi connectivity index (χ4v) is 1.19. The van der Waals surface area contributed by atoms with Crippen LogP contribution in [0.4, 0.5) is 0 Å². The maximum atomic E-state index is 10.7. The molecule has 0 saturated carbocycles. The van der Waals surface area contributed by atoms with E-state index in [0.717, 1.165) is 0 Å². The van der Waals surface area contributed by atoms with E-state index in [1.807, 2.05) is 0 Å². The molecule has 1 aromatic carbocycles. The van der Waals surface area contributed by atoms with Gasteiger partial charge in [0.05, 0.1) is 0 Å². The van der Waals surface area contributed by atoms with Gasteiger partial charge < -0.3 is 4.55 Å². The van der Waals surface area contributed by atoms with Crippen LogP contribution in [0.25, 0.3) is 0 Å². The molecule has 0 aliphatic carbocycles. The summed E-state index contributed by atoms with van der Waals surface area (Å²) in [5.74, 6) is 0. The Labute approximate surface area is 104 Å². The summed E-state index contributed by atoms with van der Waals surface area (Å²) in [6, 6.07) is 8.24. The Morgan fingerprint density at radius 2 is 1.71 bits per heavy atom. The Morgan fingerprint density at radius 1 is 1.21 bits per heavy atom. The van der Waals surface area contributed by atoms with Gasteiger partial charge >= 0.3 is 29.6 Å². The summed E-state index contributed by atoms with van der Waals surface area (Å²) in [6.07, 6.45) is -0.354. The van der Waals surface area contributed by atoms with E-state index in [2.05, 4.69) is 0 Å². The average molecular weight is 222 g/mol. The van der Waals surface area contributed by atoms with Crippen molar-refractivity contribution in [3.8, 4) is 0 Å². The van der Waals surface area contributed by atoms with Gasteiger partial charge in [-0.25, -0.2) is 8.42 Å². The summed E-state index contributed by atoms with van der Waals surface area (Å²) in [4.78, 5) is 10.7. The molecule has 0 amide bonds. The first-order valence-corrected chi connectivity index (χ1v) is 4.93. The van der Waals surface area contributed by atoms with Crippen LogP contribution in [0.5, 0.6) is 0 Å². The van der Waals surface area contributed by atoms with E-state index in [4.69, 9.17) is 0 Å².